The Balaban J connectivity index is 1.26. The summed E-state index contributed by atoms with van der Waals surface area (Å²) in [5.41, 5.74) is 3.44. The molecule has 3 aliphatic rings. The zero-order valence-corrected chi connectivity index (χ0v) is 19.7. The molecule has 6 rings (SSSR count). The minimum Gasteiger partial charge on any atom is -0.391 e. The van der Waals surface area contributed by atoms with Crippen molar-refractivity contribution in [3.8, 4) is 0 Å². The number of amides is 1. The van der Waals surface area contributed by atoms with Crippen LogP contribution in [0.25, 0.3) is 10.9 Å². The van der Waals surface area contributed by atoms with Gasteiger partial charge in [-0.3, -0.25) is 9.48 Å². The number of rotatable bonds is 5. The number of carbonyl (C=O) groups is 1. The van der Waals surface area contributed by atoms with Crippen molar-refractivity contribution in [1.29, 1.82) is 0 Å². The summed E-state index contributed by atoms with van der Waals surface area (Å²) < 4.78 is 2.13. The average Bonchev–Trinajstić information content (AvgIpc) is 3.46. The van der Waals surface area contributed by atoms with Crippen molar-refractivity contribution in [2.45, 2.75) is 50.2 Å². The largest absolute Gasteiger partial charge is 0.391 e. The lowest BCUT2D eigenvalue weighted by Gasteiger charge is -2.28. The molecule has 8 nitrogen and oxygen atoms in total. The second-order valence-corrected chi connectivity index (χ2v) is 10.1. The normalized spacial score (nSPS) is 21.9. The maximum Gasteiger partial charge on any atom is 0.274 e. The van der Waals surface area contributed by atoms with Crippen LogP contribution >= 0.6 is 0 Å². The van der Waals surface area contributed by atoms with Gasteiger partial charge in [0.2, 0.25) is 0 Å². The fourth-order valence-electron chi connectivity index (χ4n) is 5.26. The van der Waals surface area contributed by atoms with Gasteiger partial charge in [-0.15, -0.1) is 0 Å². The Morgan fingerprint density at radius 1 is 1.09 bits per heavy atom. The van der Waals surface area contributed by atoms with E-state index in [0.29, 0.717) is 24.2 Å². The number of aliphatic hydroxyl groups excluding tert-OH is 1. The van der Waals surface area contributed by atoms with Crippen LogP contribution in [-0.4, -0.2) is 70.0 Å². The van der Waals surface area contributed by atoms with Crippen molar-refractivity contribution in [1.82, 2.24) is 19.7 Å². The lowest BCUT2D eigenvalue weighted by atomic mass is 10.1. The van der Waals surface area contributed by atoms with Gasteiger partial charge in [-0.25, -0.2) is 4.98 Å². The number of fused-ring (bicyclic) bond motifs is 1. The quantitative estimate of drug-likeness (QED) is 0.607. The highest BCUT2D eigenvalue weighted by molar-refractivity contribution is 6.04. The molecule has 1 unspecified atom stereocenters. The van der Waals surface area contributed by atoms with E-state index in [1.165, 1.54) is 5.56 Å². The molecule has 34 heavy (non-hydrogen) atoms. The molecule has 2 aliphatic heterocycles. The molecule has 2 saturated heterocycles. The van der Waals surface area contributed by atoms with E-state index >= 15 is 0 Å². The predicted octanol–water partition coefficient (Wildman–Crippen LogP) is 3.40. The van der Waals surface area contributed by atoms with E-state index in [-0.39, 0.29) is 12.0 Å². The first kappa shape index (κ1) is 21.6. The summed E-state index contributed by atoms with van der Waals surface area (Å²) in [6.45, 7) is 3.50. The number of hydrogen-bond donors (Lipinski definition) is 2. The molecule has 3 aromatic rings. The van der Waals surface area contributed by atoms with Crippen LogP contribution in [0.1, 0.15) is 60.1 Å². The first-order valence-corrected chi connectivity index (χ1v) is 12.5. The van der Waals surface area contributed by atoms with Crippen molar-refractivity contribution >= 4 is 28.3 Å². The second-order valence-electron chi connectivity index (χ2n) is 10.1. The van der Waals surface area contributed by atoms with Gasteiger partial charge in [0.15, 0.2) is 0 Å². The minimum atomic E-state index is -0.331. The highest BCUT2D eigenvalue weighted by atomic mass is 16.3. The monoisotopic (exact) mass is 460 g/mol. The molecule has 2 N–H and O–H groups in total. The van der Waals surface area contributed by atoms with Gasteiger partial charge in [0.25, 0.3) is 5.91 Å². The van der Waals surface area contributed by atoms with Crippen LogP contribution in [0.5, 0.6) is 0 Å². The van der Waals surface area contributed by atoms with Crippen molar-refractivity contribution in [3.63, 3.8) is 0 Å². The number of nitrogens with one attached hydrogen (secondary N) is 1. The maximum absolute atomic E-state index is 13.2. The molecule has 1 atom stereocenters. The van der Waals surface area contributed by atoms with Gasteiger partial charge in [-0.1, -0.05) is 6.07 Å². The number of anilines is 2. The van der Waals surface area contributed by atoms with Crippen LogP contribution in [0.4, 0.5) is 11.5 Å². The number of carbonyl (C=O) groups excluding carboxylic acids is 1. The molecule has 1 aliphatic carbocycles. The molecule has 0 radical (unpaired) electrons. The summed E-state index contributed by atoms with van der Waals surface area (Å²) in [5, 5.41) is 19.0. The van der Waals surface area contributed by atoms with Crippen molar-refractivity contribution in [2.75, 3.05) is 43.4 Å². The Bertz CT molecular complexity index is 1210. The van der Waals surface area contributed by atoms with E-state index in [9.17, 15) is 9.90 Å². The molecular weight excluding hydrogens is 428 g/mol. The predicted molar refractivity (Wildman–Crippen MR) is 133 cm³/mol. The first-order chi connectivity index (χ1) is 16.5. The number of nitrogens with zero attached hydrogens (tertiary/aromatic N) is 5. The average molecular weight is 461 g/mol. The van der Waals surface area contributed by atoms with Crippen molar-refractivity contribution in [3.05, 3.63) is 47.8 Å². The Morgan fingerprint density at radius 2 is 1.91 bits per heavy atom. The summed E-state index contributed by atoms with van der Waals surface area (Å²) in [6, 6.07) is 10.2. The molecule has 1 aromatic carbocycles. The second kappa shape index (κ2) is 8.67. The van der Waals surface area contributed by atoms with Gasteiger partial charge in [0.05, 0.1) is 17.7 Å². The van der Waals surface area contributed by atoms with E-state index in [2.05, 4.69) is 45.3 Å². The smallest absolute Gasteiger partial charge is 0.274 e. The highest BCUT2D eigenvalue weighted by Crippen LogP contribution is 2.45. The lowest BCUT2D eigenvalue weighted by Crippen LogP contribution is -2.31. The zero-order valence-electron chi connectivity index (χ0n) is 19.7. The van der Waals surface area contributed by atoms with E-state index in [4.69, 9.17) is 5.10 Å². The fraction of sp³-hybridized carbons (Fsp3) is 0.500. The molecule has 178 valence electrons. The molecule has 3 fully saturated rings. The van der Waals surface area contributed by atoms with E-state index in [1.54, 1.807) is 6.07 Å². The summed E-state index contributed by atoms with van der Waals surface area (Å²) in [7, 11) is 2.17. The Labute approximate surface area is 199 Å². The van der Waals surface area contributed by atoms with Crippen LogP contribution in [-0.2, 0) is 0 Å². The van der Waals surface area contributed by atoms with Gasteiger partial charge in [-0.05, 0) is 88.0 Å². The van der Waals surface area contributed by atoms with Crippen LogP contribution in [0.3, 0.4) is 0 Å². The summed E-state index contributed by atoms with van der Waals surface area (Å²) >= 11 is 0. The van der Waals surface area contributed by atoms with Crippen LogP contribution in [0, 0.1) is 0 Å². The van der Waals surface area contributed by atoms with E-state index in [0.717, 1.165) is 74.1 Å². The fourth-order valence-corrected chi connectivity index (χ4v) is 5.26. The van der Waals surface area contributed by atoms with E-state index in [1.807, 2.05) is 17.0 Å². The van der Waals surface area contributed by atoms with E-state index < -0.39 is 0 Å². The summed E-state index contributed by atoms with van der Waals surface area (Å²) in [6.07, 6.45) is 7.05. The van der Waals surface area contributed by atoms with Crippen molar-refractivity contribution in [2.24, 2.45) is 0 Å². The molecule has 4 heterocycles. The van der Waals surface area contributed by atoms with Gasteiger partial charge in [0, 0.05) is 30.4 Å². The SMILES string of the molecule is CN1CCC(n2cc3cc(NC(=O)c4cccc(N5CCC(O)C5)n4)c(C4CC4)cc3n2)CC1. The number of piperidine rings is 1. The van der Waals surface area contributed by atoms with Crippen LogP contribution in [0.15, 0.2) is 36.5 Å². The highest BCUT2D eigenvalue weighted by Gasteiger charge is 2.29. The lowest BCUT2D eigenvalue weighted by molar-refractivity contribution is 0.102. The summed E-state index contributed by atoms with van der Waals surface area (Å²) in [4.78, 5) is 22.2. The van der Waals surface area contributed by atoms with Crippen LogP contribution < -0.4 is 10.2 Å². The number of hydrogen-bond acceptors (Lipinski definition) is 6. The number of aliphatic hydroxyl groups is 1. The number of pyridine rings is 1. The number of benzene rings is 1. The van der Waals surface area contributed by atoms with Crippen molar-refractivity contribution < 1.29 is 9.90 Å². The molecule has 2 aromatic heterocycles. The number of likely N-dealkylation sites (tertiary alicyclic amines) is 1. The summed E-state index contributed by atoms with van der Waals surface area (Å²) in [5.74, 6) is 1.02. The number of β-amino-alcohol motifs (C(OH)–C–C–N with tert-alkyl or cyclic N) is 1. The van der Waals surface area contributed by atoms with Crippen LogP contribution in [0.2, 0.25) is 0 Å². The molecule has 1 amide bonds. The molecule has 1 saturated carbocycles. The van der Waals surface area contributed by atoms with Gasteiger partial charge in [0.1, 0.15) is 11.5 Å². The third kappa shape index (κ3) is 4.28. The Kier molecular flexibility index (Phi) is 5.50. The zero-order chi connectivity index (χ0) is 23.2. The van der Waals surface area contributed by atoms with Gasteiger partial charge < -0.3 is 20.2 Å². The molecule has 0 bridgehead atoms. The molecule has 8 heteroatoms. The van der Waals surface area contributed by atoms with Gasteiger partial charge in [-0.2, -0.15) is 5.10 Å². The Hall–Kier alpha value is -2.97. The third-order valence-corrected chi connectivity index (χ3v) is 7.48. The number of aromatic nitrogens is 3. The molecular formula is C26H32N6O2. The molecule has 0 spiro atoms. The maximum atomic E-state index is 13.2. The third-order valence-electron chi connectivity index (χ3n) is 7.48. The Morgan fingerprint density at radius 3 is 2.65 bits per heavy atom. The minimum absolute atomic E-state index is 0.203. The topological polar surface area (TPSA) is 86.5 Å². The van der Waals surface area contributed by atoms with Gasteiger partial charge >= 0.3 is 0 Å². The first-order valence-electron chi connectivity index (χ1n) is 12.5. The standard InChI is InChI=1S/C26H32N6O2/c1-30-10-7-19(8-11-30)32-15-18-13-24(21(17-5-6-17)14-23(18)29-32)28-26(34)22-3-2-4-25(27-22)31-12-9-20(33)16-31/h2-4,13-15,17,19-20,33H,5-12,16H2,1H3,(H,28,34).